The first-order valence-corrected chi connectivity index (χ1v) is 5.44. The van der Waals surface area contributed by atoms with Gasteiger partial charge in [0.15, 0.2) is 0 Å². The summed E-state index contributed by atoms with van der Waals surface area (Å²) in [5.74, 6) is -6.12. The van der Waals surface area contributed by atoms with Crippen molar-refractivity contribution in [2.24, 2.45) is 0 Å². The number of rotatable bonds is 11. The standard InChI is InChI=1S/C10H16N2O8.Co.K.2H2O/c13-7(14)3-11(4-8(15)16)1-2-12(5-9(17)18)6-10(19)20;;;;/h1-6H2,(H,13,14)(H,15,16)(H,17,18)(H,19,20);;;2*1H2/q;+3;+1;;/p-4. The molecule has 12 nitrogen and oxygen atoms in total. The normalized spacial score (nSPS) is 8.92. The van der Waals surface area contributed by atoms with Crippen molar-refractivity contribution in [2.45, 2.75) is 0 Å². The molecule has 4 N–H and O–H groups in total. The summed E-state index contributed by atoms with van der Waals surface area (Å²) in [6.07, 6.45) is 0. The van der Waals surface area contributed by atoms with Crippen LogP contribution in [0, 0.1) is 0 Å². The number of hydrogen-bond donors (Lipinski definition) is 0. The molecule has 0 radical (unpaired) electrons. The van der Waals surface area contributed by atoms with Crippen LogP contribution in [0.15, 0.2) is 0 Å². The van der Waals surface area contributed by atoms with Gasteiger partial charge in [0.25, 0.3) is 0 Å². The van der Waals surface area contributed by atoms with Crippen LogP contribution < -0.4 is 71.8 Å². The Balaban J connectivity index is -0.000000301. The quantitative estimate of drug-likeness (QED) is 0.285. The predicted octanol–water partition coefficient (Wildman–Crippen LogP) is -12.1. The Morgan fingerprint density at radius 1 is 0.583 bits per heavy atom. The summed E-state index contributed by atoms with van der Waals surface area (Å²) in [4.78, 5) is 43.4. The molecule has 0 atom stereocenters. The number of aliphatic carboxylic acids is 4. The third-order valence-corrected chi connectivity index (χ3v) is 2.14. The second-order valence-electron chi connectivity index (χ2n) is 3.91. The molecule has 24 heavy (non-hydrogen) atoms. The smallest absolute Gasteiger partial charge is 0.549 e. The minimum Gasteiger partial charge on any atom is -0.549 e. The summed E-state index contributed by atoms with van der Waals surface area (Å²) in [5, 5.41) is 41.6. The Kier molecular flexibility index (Phi) is 28.0. The molecule has 0 rings (SSSR count). The maximum Gasteiger partial charge on any atom is 3.00 e. The molecule has 0 aromatic carbocycles. The summed E-state index contributed by atoms with van der Waals surface area (Å²) in [7, 11) is 0. The van der Waals surface area contributed by atoms with Crippen LogP contribution in [0.5, 0.6) is 0 Å². The SMILES string of the molecule is O.O.O=C([O-])CN(CCN(CC(=O)[O-])CC(=O)[O-])CC(=O)[O-].[Co+3].[K+]. The van der Waals surface area contributed by atoms with Crippen LogP contribution in [-0.4, -0.2) is 83.9 Å². The van der Waals surface area contributed by atoms with Crippen LogP contribution >= 0.6 is 0 Å². The van der Waals surface area contributed by atoms with Gasteiger partial charge < -0.3 is 50.6 Å². The molecule has 14 heteroatoms. The second kappa shape index (κ2) is 19.2. The van der Waals surface area contributed by atoms with E-state index in [4.69, 9.17) is 0 Å². The monoisotopic (exact) mass is 422 g/mol. The number of hydrogen-bond acceptors (Lipinski definition) is 10. The molecule has 0 aromatic heterocycles. The van der Waals surface area contributed by atoms with Gasteiger partial charge in [-0.25, -0.2) is 0 Å². The molecule has 0 saturated carbocycles. The fourth-order valence-electron chi connectivity index (χ4n) is 1.44. The molecule has 0 saturated heterocycles. The molecule has 136 valence electrons. The number of nitrogens with zero attached hydrogens (tertiary/aromatic N) is 2. The zero-order valence-corrected chi connectivity index (χ0v) is 16.9. The third-order valence-electron chi connectivity index (χ3n) is 2.14. The fourth-order valence-corrected chi connectivity index (χ4v) is 1.44. The van der Waals surface area contributed by atoms with E-state index in [9.17, 15) is 39.6 Å². The molecule has 0 amide bonds. The Hall–Kier alpha value is -0.137. The van der Waals surface area contributed by atoms with Gasteiger partial charge in [-0.05, 0) is 0 Å². The predicted molar refractivity (Wildman–Crippen MR) is 60.1 cm³/mol. The molecular weight excluding hydrogens is 406 g/mol. The van der Waals surface area contributed by atoms with E-state index in [1.54, 1.807) is 0 Å². The van der Waals surface area contributed by atoms with Crippen molar-refractivity contribution < 1.29 is 119 Å². The minimum absolute atomic E-state index is 0. The van der Waals surface area contributed by atoms with Crippen LogP contribution in [0.1, 0.15) is 0 Å². The average molecular weight is 422 g/mol. The fraction of sp³-hybridized carbons (Fsp3) is 0.600. The average Bonchev–Trinajstić information content (AvgIpc) is 2.22. The number of carboxylic acid groups (broad SMARTS) is 4. The molecule has 0 fully saturated rings. The van der Waals surface area contributed by atoms with E-state index in [1.807, 2.05) is 0 Å². The van der Waals surface area contributed by atoms with Crippen LogP contribution in [0.4, 0.5) is 0 Å². The summed E-state index contributed by atoms with van der Waals surface area (Å²) in [6, 6.07) is 0. The van der Waals surface area contributed by atoms with Gasteiger partial charge in [-0.2, -0.15) is 0 Å². The van der Waals surface area contributed by atoms with Crippen molar-refractivity contribution in [1.29, 1.82) is 0 Å². The van der Waals surface area contributed by atoms with Crippen molar-refractivity contribution in [3.63, 3.8) is 0 Å². The van der Waals surface area contributed by atoms with Crippen molar-refractivity contribution in [2.75, 3.05) is 39.3 Å². The maximum absolute atomic E-state index is 10.4. The minimum atomic E-state index is -1.53. The molecule has 0 bridgehead atoms. The van der Waals surface area contributed by atoms with E-state index in [-0.39, 0.29) is 92.2 Å². The van der Waals surface area contributed by atoms with Gasteiger partial charge in [0.05, 0.1) is 23.9 Å². The van der Waals surface area contributed by atoms with E-state index in [0.717, 1.165) is 9.80 Å². The van der Waals surface area contributed by atoms with Gasteiger partial charge in [0.2, 0.25) is 0 Å². The van der Waals surface area contributed by atoms with Gasteiger partial charge >= 0.3 is 68.2 Å². The van der Waals surface area contributed by atoms with Crippen molar-refractivity contribution in [3.05, 3.63) is 0 Å². The summed E-state index contributed by atoms with van der Waals surface area (Å²) < 4.78 is 0. The van der Waals surface area contributed by atoms with Crippen LogP contribution in [0.3, 0.4) is 0 Å². The van der Waals surface area contributed by atoms with Crippen LogP contribution in [0.2, 0.25) is 0 Å². The zero-order chi connectivity index (χ0) is 15.7. The molecule has 0 heterocycles. The van der Waals surface area contributed by atoms with E-state index >= 15 is 0 Å². The topological polar surface area (TPSA) is 230 Å². The maximum atomic E-state index is 10.4. The first-order chi connectivity index (χ1) is 9.20. The van der Waals surface area contributed by atoms with Gasteiger partial charge in [0, 0.05) is 39.3 Å². The molecule has 0 unspecified atom stereocenters. The van der Waals surface area contributed by atoms with E-state index in [1.165, 1.54) is 0 Å². The van der Waals surface area contributed by atoms with Gasteiger partial charge in [-0.15, -0.1) is 0 Å². The molecule has 0 aliphatic carbocycles. The van der Waals surface area contributed by atoms with Crippen LogP contribution in [-0.2, 0) is 36.0 Å². The Bertz CT molecular complexity index is 330. The molecule has 0 spiro atoms. The van der Waals surface area contributed by atoms with E-state index < -0.39 is 50.1 Å². The number of carboxylic acids is 4. The first-order valence-electron chi connectivity index (χ1n) is 5.44. The van der Waals surface area contributed by atoms with Crippen molar-refractivity contribution in [1.82, 2.24) is 9.80 Å². The van der Waals surface area contributed by atoms with Gasteiger partial charge in [0.1, 0.15) is 0 Å². The molecular formula is C10H16CoKN2O10. The number of carbonyl (C=O) groups excluding carboxylic acids is 4. The van der Waals surface area contributed by atoms with Gasteiger partial charge in [-0.1, -0.05) is 0 Å². The van der Waals surface area contributed by atoms with Gasteiger partial charge in [-0.3, -0.25) is 9.80 Å². The summed E-state index contributed by atoms with van der Waals surface area (Å²) in [6.45, 7) is -3.25. The first kappa shape index (κ1) is 35.1. The largest absolute Gasteiger partial charge is 3.00 e. The Labute approximate surface area is 190 Å². The third kappa shape index (κ3) is 21.9. The molecule has 0 aromatic rings. The van der Waals surface area contributed by atoms with Crippen LogP contribution in [0.25, 0.3) is 0 Å². The summed E-state index contributed by atoms with van der Waals surface area (Å²) in [5.41, 5.74) is 0. The number of carbonyl (C=O) groups is 4. The van der Waals surface area contributed by atoms with E-state index in [0.29, 0.717) is 0 Å². The Morgan fingerprint density at radius 3 is 0.875 bits per heavy atom. The second-order valence-corrected chi connectivity index (χ2v) is 3.91. The van der Waals surface area contributed by atoms with Crippen molar-refractivity contribution in [3.8, 4) is 0 Å². The molecule has 0 aliphatic rings. The Morgan fingerprint density at radius 2 is 0.750 bits per heavy atom. The van der Waals surface area contributed by atoms with Crippen molar-refractivity contribution >= 4 is 23.9 Å². The summed E-state index contributed by atoms with van der Waals surface area (Å²) >= 11 is 0. The zero-order valence-electron chi connectivity index (χ0n) is 12.7. The van der Waals surface area contributed by atoms with E-state index in [2.05, 4.69) is 0 Å². The molecule has 0 aliphatic heterocycles.